The van der Waals surface area contributed by atoms with Crippen molar-refractivity contribution in [2.45, 2.75) is 0 Å². The first-order valence-corrected chi connectivity index (χ1v) is 1.07. The quantitative estimate of drug-likeness (QED) is 0.296. The number of hydrogen-bond donors (Lipinski definition) is 1. The van der Waals surface area contributed by atoms with Gasteiger partial charge in [-0.3, -0.25) is 0 Å². The van der Waals surface area contributed by atoms with Crippen molar-refractivity contribution in [3.8, 4) is 0 Å². The first-order chi connectivity index (χ1) is 2.64. The summed E-state index contributed by atoms with van der Waals surface area (Å²) in [5, 5.41) is 7.27. The van der Waals surface area contributed by atoms with E-state index >= 15 is 0 Å². The molecule has 0 aromatic heterocycles. The third kappa shape index (κ3) is 5.50. The summed E-state index contributed by atoms with van der Waals surface area (Å²) in [5.74, 6) is -2.05. The molecule has 5 heteroatoms. The van der Waals surface area contributed by atoms with Gasteiger partial charge in [0, 0.05) is 0 Å². The number of aliphatic carboxylic acids is 1. The molecule has 0 spiro atoms. The molecule has 0 aliphatic rings. The Morgan fingerprint density at radius 2 is 1.57 bits per heavy atom. The van der Waals surface area contributed by atoms with Gasteiger partial charge in [-0.25, -0.2) is 9.59 Å². The zero-order valence-corrected chi connectivity index (χ0v) is 4.76. The normalized spacial score (nSPS) is 6.43. The van der Waals surface area contributed by atoms with Gasteiger partial charge in [0.15, 0.2) is 0 Å². The maximum Gasteiger partial charge on any atom is 0.409 e. The van der Waals surface area contributed by atoms with Crippen LogP contribution < -0.4 is 0 Å². The fraction of sp³-hybridized carbons (Fsp3) is 0. The molecule has 0 aromatic carbocycles. The Labute approximate surface area is 42.1 Å². The Bertz CT molecular complexity index is 78.9. The van der Waals surface area contributed by atoms with Crippen molar-refractivity contribution in [2.24, 2.45) is 0 Å². The largest absolute Gasteiger partial charge is 0.473 e. The lowest BCUT2D eigenvalue weighted by atomic mass is 10.8. The first-order valence-electron chi connectivity index (χ1n) is 1.07. The van der Waals surface area contributed by atoms with Gasteiger partial charge in [-0.1, -0.05) is 0 Å². The van der Waals surface area contributed by atoms with Crippen LogP contribution in [0.5, 0.6) is 0 Å². The predicted molar refractivity (Wildman–Crippen MR) is 24.9 cm³/mol. The van der Waals surface area contributed by atoms with E-state index in [1.807, 2.05) is 0 Å². The van der Waals surface area contributed by atoms with Crippen LogP contribution in [0.25, 0.3) is 0 Å². The van der Waals surface area contributed by atoms with Crippen LogP contribution in [0.2, 0.25) is 0 Å². The van der Waals surface area contributed by atoms with Crippen molar-refractivity contribution in [3.63, 3.8) is 0 Å². The van der Waals surface area contributed by atoms with Gasteiger partial charge in [0.25, 0.3) is 0 Å². The molecule has 1 N–H and O–H groups in total. The average molecular weight is 126 g/mol. The molecule has 0 bridgehead atoms. The molecule has 3 nitrogen and oxygen atoms in total. The monoisotopic (exact) mass is 126 g/mol. The molecule has 0 aromatic rings. The Morgan fingerprint density at radius 1 is 1.43 bits per heavy atom. The summed E-state index contributed by atoms with van der Waals surface area (Å²) in [5.41, 5.74) is 0. The molecule has 0 fully saturated rings. The van der Waals surface area contributed by atoms with Crippen molar-refractivity contribution >= 4 is 21.9 Å². The van der Waals surface area contributed by atoms with Gasteiger partial charge < -0.3 is 5.11 Å². The molecule has 0 aliphatic heterocycles. The molecule has 1 unspecified atom stereocenters. The molecule has 0 saturated heterocycles. The standard InChI is InChI=1S/C2HFO3.H3P/c3-1(4)2(5)6;/h(H,5,6);1H3. The molecule has 0 rings (SSSR count). The summed E-state index contributed by atoms with van der Waals surface area (Å²) >= 11 is 0. The van der Waals surface area contributed by atoms with E-state index in [9.17, 15) is 4.39 Å². The van der Waals surface area contributed by atoms with Gasteiger partial charge in [-0.15, -0.1) is 0 Å². The highest BCUT2D eigenvalue weighted by molar-refractivity contribution is 6.92. The van der Waals surface area contributed by atoms with Gasteiger partial charge in [-0.05, 0) is 0 Å². The van der Waals surface area contributed by atoms with Gasteiger partial charge in [0.1, 0.15) is 0 Å². The van der Waals surface area contributed by atoms with Gasteiger partial charge >= 0.3 is 12.0 Å². The minimum absolute atomic E-state index is 0. The highest BCUT2D eigenvalue weighted by atomic mass is 31.0. The molecule has 7 heavy (non-hydrogen) atoms. The lowest BCUT2D eigenvalue weighted by Crippen LogP contribution is -2.04. The third-order valence-corrected chi connectivity index (χ3v) is 0.168. The minimum Gasteiger partial charge on any atom is -0.473 e. The molecular formula is C2H4FO3P. The third-order valence-electron chi connectivity index (χ3n) is 0.168. The summed E-state index contributed by atoms with van der Waals surface area (Å²) in [6, 6.07) is -2.32. The topological polar surface area (TPSA) is 54.4 Å². The smallest absolute Gasteiger partial charge is 0.409 e. The number of carbonyl (C=O) groups excluding carboxylic acids is 1. The Balaban J connectivity index is 0. The molecule has 42 valence electrons. The number of carboxylic acids is 1. The number of carboxylic acid groups (broad SMARTS) is 1. The van der Waals surface area contributed by atoms with Crippen LogP contribution in [0.4, 0.5) is 4.39 Å². The van der Waals surface area contributed by atoms with E-state index in [1.165, 1.54) is 0 Å². The zero-order valence-electron chi connectivity index (χ0n) is 3.35. The SMILES string of the molecule is O=C(O)C(=O)F.P. The lowest BCUT2D eigenvalue weighted by Gasteiger charge is -1.68. The Kier molecular flexibility index (Phi) is 5.11. The minimum atomic E-state index is -2.32. The van der Waals surface area contributed by atoms with Crippen LogP contribution >= 0.6 is 9.90 Å². The summed E-state index contributed by atoms with van der Waals surface area (Å²) in [7, 11) is 0. The Hall–Kier alpha value is -0.500. The fourth-order valence-corrected chi connectivity index (χ4v) is 0. The van der Waals surface area contributed by atoms with E-state index < -0.39 is 12.0 Å². The van der Waals surface area contributed by atoms with Gasteiger partial charge in [0.2, 0.25) is 0 Å². The number of halogens is 1. The van der Waals surface area contributed by atoms with Crippen LogP contribution in [0.3, 0.4) is 0 Å². The van der Waals surface area contributed by atoms with E-state index in [-0.39, 0.29) is 9.90 Å². The second-order valence-corrected chi connectivity index (χ2v) is 0.579. The highest BCUT2D eigenvalue weighted by Crippen LogP contribution is 1.67. The molecule has 0 saturated carbocycles. The molecule has 0 amide bonds. The zero-order chi connectivity index (χ0) is 5.15. The molecular weight excluding hydrogens is 122 g/mol. The highest BCUT2D eigenvalue weighted by Gasteiger charge is 2.05. The van der Waals surface area contributed by atoms with E-state index in [2.05, 4.69) is 0 Å². The summed E-state index contributed by atoms with van der Waals surface area (Å²) < 4.78 is 10.6. The first kappa shape index (κ1) is 9.71. The number of rotatable bonds is 1. The van der Waals surface area contributed by atoms with E-state index in [0.717, 1.165) is 0 Å². The lowest BCUT2D eigenvalue weighted by molar-refractivity contribution is -0.154. The predicted octanol–water partition coefficient (Wildman–Crippen LogP) is -0.375. The van der Waals surface area contributed by atoms with Crippen LogP contribution in [-0.2, 0) is 9.59 Å². The second kappa shape index (κ2) is 3.68. The summed E-state index contributed by atoms with van der Waals surface area (Å²) in [6.45, 7) is 0. The van der Waals surface area contributed by atoms with Crippen LogP contribution in [0.15, 0.2) is 0 Å². The Morgan fingerprint density at radius 3 is 1.57 bits per heavy atom. The summed E-state index contributed by atoms with van der Waals surface area (Å²) in [4.78, 5) is 17.9. The van der Waals surface area contributed by atoms with E-state index in [4.69, 9.17) is 14.7 Å². The van der Waals surface area contributed by atoms with Crippen molar-refractivity contribution in [1.82, 2.24) is 0 Å². The average Bonchev–Trinajstić information content (AvgIpc) is 1.36. The molecule has 0 radical (unpaired) electrons. The van der Waals surface area contributed by atoms with Crippen molar-refractivity contribution in [3.05, 3.63) is 0 Å². The fourth-order valence-electron chi connectivity index (χ4n) is 0. The van der Waals surface area contributed by atoms with Crippen LogP contribution in [0, 0.1) is 0 Å². The maximum absolute atomic E-state index is 10.6. The van der Waals surface area contributed by atoms with Crippen LogP contribution in [-0.4, -0.2) is 17.1 Å². The van der Waals surface area contributed by atoms with E-state index in [1.54, 1.807) is 0 Å². The van der Waals surface area contributed by atoms with Gasteiger partial charge in [-0.2, -0.15) is 14.3 Å². The molecule has 1 atom stereocenters. The van der Waals surface area contributed by atoms with Crippen molar-refractivity contribution in [1.29, 1.82) is 0 Å². The summed E-state index contributed by atoms with van der Waals surface area (Å²) in [6.07, 6.45) is 0. The number of carbonyl (C=O) groups is 2. The van der Waals surface area contributed by atoms with Gasteiger partial charge in [0.05, 0.1) is 0 Å². The maximum atomic E-state index is 10.6. The molecule has 0 heterocycles. The molecule has 0 aliphatic carbocycles. The van der Waals surface area contributed by atoms with E-state index in [0.29, 0.717) is 0 Å². The van der Waals surface area contributed by atoms with Crippen molar-refractivity contribution < 1.29 is 19.1 Å². The number of hydrogen-bond acceptors (Lipinski definition) is 2. The van der Waals surface area contributed by atoms with Crippen molar-refractivity contribution in [2.75, 3.05) is 0 Å². The van der Waals surface area contributed by atoms with Crippen LogP contribution in [0.1, 0.15) is 0 Å². The second-order valence-electron chi connectivity index (χ2n) is 0.579.